The van der Waals surface area contributed by atoms with Crippen molar-refractivity contribution in [1.82, 2.24) is 5.32 Å². The Labute approximate surface area is 125 Å². The number of nitrogens with zero attached hydrogens (tertiary/aromatic N) is 1. The Balaban J connectivity index is 2.04. The lowest BCUT2D eigenvalue weighted by atomic mass is 10.1. The lowest BCUT2D eigenvalue weighted by molar-refractivity contribution is -0.128. The summed E-state index contributed by atoms with van der Waals surface area (Å²) in [5.74, 6) is 0.844. The zero-order chi connectivity index (χ0) is 15.4. The van der Waals surface area contributed by atoms with E-state index >= 15 is 0 Å². The molecule has 1 heterocycles. The first-order valence-electron chi connectivity index (χ1n) is 7.32. The third-order valence-corrected chi connectivity index (χ3v) is 3.42. The van der Waals surface area contributed by atoms with Gasteiger partial charge in [0, 0.05) is 6.54 Å². The van der Waals surface area contributed by atoms with E-state index in [0.717, 1.165) is 6.42 Å². The van der Waals surface area contributed by atoms with Crippen molar-refractivity contribution < 1.29 is 14.3 Å². The van der Waals surface area contributed by atoms with E-state index in [4.69, 9.17) is 4.74 Å². The molecule has 1 N–H and O–H groups in total. The predicted molar refractivity (Wildman–Crippen MR) is 81.3 cm³/mol. The maximum Gasteiger partial charge on any atom is 0.268 e. The van der Waals surface area contributed by atoms with Gasteiger partial charge in [0.1, 0.15) is 12.3 Å². The standard InChI is InChI=1S/C16H22N2O3/c1-11(2)8-9-17-15(19)10-18-13-6-4-5-7-14(13)21-12(3)16(18)20/h4-7,11-12H,8-10H2,1-3H3,(H,17,19). The predicted octanol–water partition coefficient (Wildman–Crippen LogP) is 1.96. The van der Waals surface area contributed by atoms with E-state index in [1.165, 1.54) is 4.90 Å². The lowest BCUT2D eigenvalue weighted by Gasteiger charge is -2.32. The van der Waals surface area contributed by atoms with Gasteiger partial charge in [0.05, 0.1) is 5.69 Å². The van der Waals surface area contributed by atoms with Crippen LogP contribution in [-0.4, -0.2) is 31.0 Å². The molecular weight excluding hydrogens is 268 g/mol. The first-order valence-corrected chi connectivity index (χ1v) is 7.32. The zero-order valence-electron chi connectivity index (χ0n) is 12.8. The van der Waals surface area contributed by atoms with Crippen LogP contribution in [0.15, 0.2) is 24.3 Å². The van der Waals surface area contributed by atoms with Crippen LogP contribution < -0.4 is 15.0 Å². The molecule has 0 bridgehead atoms. The van der Waals surface area contributed by atoms with Crippen molar-refractivity contribution in [2.45, 2.75) is 33.3 Å². The van der Waals surface area contributed by atoms with Gasteiger partial charge in [-0.15, -0.1) is 0 Å². The highest BCUT2D eigenvalue weighted by molar-refractivity contribution is 6.03. The van der Waals surface area contributed by atoms with E-state index in [1.54, 1.807) is 13.0 Å². The first-order chi connectivity index (χ1) is 9.99. The number of hydrogen-bond acceptors (Lipinski definition) is 3. The van der Waals surface area contributed by atoms with E-state index < -0.39 is 6.10 Å². The highest BCUT2D eigenvalue weighted by Crippen LogP contribution is 2.33. The molecule has 5 heteroatoms. The number of amides is 2. The van der Waals surface area contributed by atoms with Gasteiger partial charge in [0.15, 0.2) is 6.10 Å². The molecule has 0 radical (unpaired) electrons. The summed E-state index contributed by atoms with van der Waals surface area (Å²) in [6.45, 7) is 6.57. The Morgan fingerprint density at radius 1 is 1.38 bits per heavy atom. The largest absolute Gasteiger partial charge is 0.479 e. The normalized spacial score (nSPS) is 17.4. The third-order valence-electron chi connectivity index (χ3n) is 3.42. The highest BCUT2D eigenvalue weighted by Gasteiger charge is 2.32. The molecule has 0 saturated heterocycles. The van der Waals surface area contributed by atoms with Crippen LogP contribution in [0.2, 0.25) is 0 Å². The maximum absolute atomic E-state index is 12.2. The van der Waals surface area contributed by atoms with Gasteiger partial charge >= 0.3 is 0 Å². The van der Waals surface area contributed by atoms with Crippen LogP contribution in [0.25, 0.3) is 0 Å². The molecule has 1 unspecified atom stereocenters. The van der Waals surface area contributed by atoms with E-state index in [1.807, 2.05) is 18.2 Å². The quantitative estimate of drug-likeness (QED) is 0.902. The molecule has 1 aromatic rings. The van der Waals surface area contributed by atoms with Crippen molar-refractivity contribution in [2.24, 2.45) is 5.92 Å². The molecule has 0 fully saturated rings. The van der Waals surface area contributed by atoms with Gasteiger partial charge in [-0.25, -0.2) is 0 Å². The van der Waals surface area contributed by atoms with Crippen LogP contribution in [0.5, 0.6) is 5.75 Å². The number of rotatable bonds is 5. The fraction of sp³-hybridized carbons (Fsp3) is 0.500. The summed E-state index contributed by atoms with van der Waals surface area (Å²) in [5, 5.41) is 2.85. The van der Waals surface area contributed by atoms with E-state index in [2.05, 4.69) is 19.2 Å². The number of carbonyl (C=O) groups is 2. The van der Waals surface area contributed by atoms with E-state index in [-0.39, 0.29) is 18.4 Å². The maximum atomic E-state index is 12.2. The zero-order valence-corrected chi connectivity index (χ0v) is 12.8. The lowest BCUT2D eigenvalue weighted by Crippen LogP contribution is -2.48. The molecule has 0 saturated carbocycles. The number of ether oxygens (including phenoxy) is 1. The minimum atomic E-state index is -0.566. The van der Waals surface area contributed by atoms with Crippen LogP contribution in [0.1, 0.15) is 27.2 Å². The molecule has 21 heavy (non-hydrogen) atoms. The second-order valence-corrected chi connectivity index (χ2v) is 5.68. The van der Waals surface area contributed by atoms with Gasteiger partial charge in [0.2, 0.25) is 5.91 Å². The molecule has 2 amide bonds. The minimum Gasteiger partial charge on any atom is -0.479 e. The van der Waals surface area contributed by atoms with Crippen LogP contribution in [0, 0.1) is 5.92 Å². The Bertz CT molecular complexity index is 528. The number of fused-ring (bicyclic) bond motifs is 1. The minimum absolute atomic E-state index is 0.0294. The fourth-order valence-electron chi connectivity index (χ4n) is 2.22. The Hall–Kier alpha value is -2.04. The summed E-state index contributed by atoms with van der Waals surface area (Å²) < 4.78 is 5.55. The molecular formula is C16H22N2O3. The summed E-state index contributed by atoms with van der Waals surface area (Å²) in [7, 11) is 0. The molecule has 0 aromatic heterocycles. The summed E-state index contributed by atoms with van der Waals surface area (Å²) in [4.78, 5) is 25.7. The average molecular weight is 290 g/mol. The number of para-hydroxylation sites is 2. The Morgan fingerprint density at radius 3 is 2.81 bits per heavy atom. The molecule has 114 valence electrons. The van der Waals surface area contributed by atoms with Crippen LogP contribution in [-0.2, 0) is 9.59 Å². The second kappa shape index (κ2) is 6.61. The molecule has 0 spiro atoms. The fourth-order valence-corrected chi connectivity index (χ4v) is 2.22. The summed E-state index contributed by atoms with van der Waals surface area (Å²) in [6, 6.07) is 7.28. The van der Waals surface area contributed by atoms with Crippen molar-refractivity contribution in [3.05, 3.63) is 24.3 Å². The van der Waals surface area contributed by atoms with Crippen molar-refractivity contribution in [1.29, 1.82) is 0 Å². The van der Waals surface area contributed by atoms with Gasteiger partial charge in [0.25, 0.3) is 5.91 Å². The Kier molecular flexibility index (Phi) is 4.83. The SMILES string of the molecule is CC(C)CCNC(=O)CN1C(=O)C(C)Oc2ccccc21. The topological polar surface area (TPSA) is 58.6 Å². The van der Waals surface area contributed by atoms with Crippen LogP contribution in [0.3, 0.4) is 0 Å². The van der Waals surface area contributed by atoms with Gasteiger partial charge in [-0.2, -0.15) is 0 Å². The second-order valence-electron chi connectivity index (χ2n) is 5.68. The summed E-state index contributed by atoms with van der Waals surface area (Å²) in [6.07, 6.45) is 0.360. The number of hydrogen-bond donors (Lipinski definition) is 1. The number of carbonyl (C=O) groups excluding carboxylic acids is 2. The van der Waals surface area contributed by atoms with Crippen molar-refractivity contribution in [3.8, 4) is 5.75 Å². The number of nitrogens with one attached hydrogen (secondary N) is 1. The molecule has 1 aliphatic heterocycles. The summed E-state index contributed by atoms with van der Waals surface area (Å²) in [5.41, 5.74) is 0.652. The highest BCUT2D eigenvalue weighted by atomic mass is 16.5. The molecule has 5 nitrogen and oxygen atoms in total. The molecule has 1 atom stereocenters. The third kappa shape index (κ3) is 3.74. The van der Waals surface area contributed by atoms with Gasteiger partial charge in [-0.05, 0) is 31.4 Å². The molecule has 0 aliphatic carbocycles. The smallest absolute Gasteiger partial charge is 0.268 e. The van der Waals surface area contributed by atoms with Gasteiger partial charge < -0.3 is 10.1 Å². The molecule has 1 aromatic carbocycles. The number of anilines is 1. The monoisotopic (exact) mass is 290 g/mol. The average Bonchev–Trinajstić information content (AvgIpc) is 2.43. The van der Waals surface area contributed by atoms with Crippen molar-refractivity contribution in [3.63, 3.8) is 0 Å². The van der Waals surface area contributed by atoms with Crippen molar-refractivity contribution >= 4 is 17.5 Å². The molecule has 1 aliphatic rings. The number of benzene rings is 1. The van der Waals surface area contributed by atoms with Crippen molar-refractivity contribution in [2.75, 3.05) is 18.0 Å². The van der Waals surface area contributed by atoms with Gasteiger partial charge in [-0.3, -0.25) is 14.5 Å². The van der Waals surface area contributed by atoms with E-state index in [9.17, 15) is 9.59 Å². The van der Waals surface area contributed by atoms with Gasteiger partial charge in [-0.1, -0.05) is 26.0 Å². The summed E-state index contributed by atoms with van der Waals surface area (Å²) >= 11 is 0. The Morgan fingerprint density at radius 2 is 2.10 bits per heavy atom. The first kappa shape index (κ1) is 15.4. The van der Waals surface area contributed by atoms with E-state index in [0.29, 0.717) is 23.9 Å². The van der Waals surface area contributed by atoms with Crippen LogP contribution >= 0.6 is 0 Å². The van der Waals surface area contributed by atoms with Crippen LogP contribution in [0.4, 0.5) is 5.69 Å². The molecule has 2 rings (SSSR count).